The molecule has 0 atom stereocenters. The van der Waals surface area contributed by atoms with E-state index in [0.29, 0.717) is 6.04 Å². The average molecular weight is 223 g/mol. The molecule has 1 saturated carbocycles. The second-order valence-electron chi connectivity index (χ2n) is 4.37. The molecular formula is C13H21NO2. The molecule has 0 bridgehead atoms. The molecule has 0 saturated heterocycles. The van der Waals surface area contributed by atoms with Crippen LogP contribution in [0.3, 0.4) is 0 Å². The highest BCUT2D eigenvalue weighted by Gasteiger charge is 2.28. The van der Waals surface area contributed by atoms with Gasteiger partial charge in [-0.1, -0.05) is 12.2 Å². The molecule has 16 heavy (non-hydrogen) atoms. The van der Waals surface area contributed by atoms with Gasteiger partial charge in [-0.15, -0.1) is 13.2 Å². The van der Waals surface area contributed by atoms with Gasteiger partial charge in [0.1, 0.15) is 0 Å². The van der Waals surface area contributed by atoms with Crippen LogP contribution in [0.2, 0.25) is 0 Å². The standard InChI is InChI=1S/C13H21NO2/c1-3-9-14(10-4-2)12-7-5-11(6-8-12)13(15)16/h3-4,11-12H,1-2,5-10H2,(H,15,16). The lowest BCUT2D eigenvalue weighted by Crippen LogP contribution is -2.39. The quantitative estimate of drug-likeness (QED) is 0.702. The van der Waals surface area contributed by atoms with Gasteiger partial charge in [-0.05, 0) is 25.7 Å². The topological polar surface area (TPSA) is 40.5 Å². The predicted octanol–water partition coefficient (Wildman–Crippen LogP) is 2.30. The Morgan fingerprint density at radius 2 is 1.69 bits per heavy atom. The Labute approximate surface area is 97.4 Å². The first-order valence-corrected chi connectivity index (χ1v) is 5.87. The molecule has 1 aliphatic rings. The van der Waals surface area contributed by atoms with Crippen molar-refractivity contribution in [2.45, 2.75) is 31.7 Å². The molecule has 3 nitrogen and oxygen atoms in total. The first-order chi connectivity index (χ1) is 7.69. The van der Waals surface area contributed by atoms with E-state index in [9.17, 15) is 4.79 Å². The van der Waals surface area contributed by atoms with Gasteiger partial charge in [0.15, 0.2) is 0 Å². The van der Waals surface area contributed by atoms with Crippen LogP contribution in [0.15, 0.2) is 25.3 Å². The highest BCUT2D eigenvalue weighted by Crippen LogP contribution is 2.27. The summed E-state index contributed by atoms with van der Waals surface area (Å²) in [6.45, 7) is 9.21. The molecule has 1 aliphatic carbocycles. The van der Waals surface area contributed by atoms with Crippen LogP contribution in [0.25, 0.3) is 0 Å². The number of aliphatic carboxylic acids is 1. The molecule has 0 radical (unpaired) electrons. The Morgan fingerprint density at radius 1 is 1.19 bits per heavy atom. The lowest BCUT2D eigenvalue weighted by atomic mass is 9.85. The van der Waals surface area contributed by atoms with Crippen LogP contribution in [0.1, 0.15) is 25.7 Å². The summed E-state index contributed by atoms with van der Waals surface area (Å²) in [5.41, 5.74) is 0. The summed E-state index contributed by atoms with van der Waals surface area (Å²) in [6, 6.07) is 0.492. The molecule has 1 N–H and O–H groups in total. The molecule has 1 fully saturated rings. The molecule has 0 aromatic carbocycles. The fourth-order valence-corrected chi connectivity index (χ4v) is 2.39. The summed E-state index contributed by atoms with van der Waals surface area (Å²) in [6.07, 6.45) is 7.33. The summed E-state index contributed by atoms with van der Waals surface area (Å²) >= 11 is 0. The second-order valence-corrected chi connectivity index (χ2v) is 4.37. The van der Waals surface area contributed by atoms with Gasteiger partial charge in [0.05, 0.1) is 5.92 Å². The van der Waals surface area contributed by atoms with Crippen molar-refractivity contribution in [1.29, 1.82) is 0 Å². The monoisotopic (exact) mass is 223 g/mol. The third kappa shape index (κ3) is 3.49. The minimum atomic E-state index is -0.641. The predicted molar refractivity (Wildman–Crippen MR) is 65.3 cm³/mol. The largest absolute Gasteiger partial charge is 0.481 e. The zero-order valence-electron chi connectivity index (χ0n) is 9.77. The Kier molecular flexibility index (Phi) is 5.26. The van der Waals surface area contributed by atoms with Gasteiger partial charge < -0.3 is 5.11 Å². The van der Waals surface area contributed by atoms with E-state index in [0.717, 1.165) is 38.8 Å². The minimum absolute atomic E-state index is 0.134. The Morgan fingerprint density at radius 3 is 2.06 bits per heavy atom. The molecule has 0 unspecified atom stereocenters. The molecule has 0 aliphatic heterocycles. The molecule has 90 valence electrons. The van der Waals surface area contributed by atoms with Crippen molar-refractivity contribution in [3.63, 3.8) is 0 Å². The molecule has 0 heterocycles. The molecule has 0 aromatic rings. The Balaban J connectivity index is 2.46. The van der Waals surface area contributed by atoms with E-state index < -0.39 is 5.97 Å². The van der Waals surface area contributed by atoms with Crippen LogP contribution >= 0.6 is 0 Å². The van der Waals surface area contributed by atoms with Crippen molar-refractivity contribution in [1.82, 2.24) is 4.90 Å². The fourth-order valence-electron chi connectivity index (χ4n) is 2.39. The van der Waals surface area contributed by atoms with E-state index in [2.05, 4.69) is 18.1 Å². The second kappa shape index (κ2) is 6.48. The van der Waals surface area contributed by atoms with Crippen molar-refractivity contribution < 1.29 is 9.90 Å². The van der Waals surface area contributed by atoms with E-state index in [1.807, 2.05) is 12.2 Å². The minimum Gasteiger partial charge on any atom is -0.481 e. The molecule has 0 aromatic heterocycles. The van der Waals surface area contributed by atoms with Crippen LogP contribution in [0, 0.1) is 5.92 Å². The molecule has 3 heteroatoms. The SMILES string of the molecule is C=CCN(CC=C)C1CCC(C(=O)O)CC1. The van der Waals surface area contributed by atoms with Crippen molar-refractivity contribution in [3.05, 3.63) is 25.3 Å². The lowest BCUT2D eigenvalue weighted by Gasteiger charge is -2.34. The zero-order chi connectivity index (χ0) is 12.0. The number of hydrogen-bond acceptors (Lipinski definition) is 2. The van der Waals surface area contributed by atoms with Crippen molar-refractivity contribution in [2.24, 2.45) is 5.92 Å². The van der Waals surface area contributed by atoms with Crippen LogP contribution in [-0.4, -0.2) is 35.1 Å². The number of nitrogens with zero attached hydrogens (tertiary/aromatic N) is 1. The smallest absolute Gasteiger partial charge is 0.306 e. The Hall–Kier alpha value is -1.09. The van der Waals surface area contributed by atoms with Gasteiger partial charge in [-0.25, -0.2) is 0 Å². The maximum absolute atomic E-state index is 10.8. The number of carbonyl (C=O) groups is 1. The van der Waals surface area contributed by atoms with E-state index in [4.69, 9.17) is 5.11 Å². The van der Waals surface area contributed by atoms with Crippen molar-refractivity contribution in [3.8, 4) is 0 Å². The molecular weight excluding hydrogens is 202 g/mol. The third-order valence-electron chi connectivity index (χ3n) is 3.29. The van der Waals surface area contributed by atoms with E-state index >= 15 is 0 Å². The Bertz CT molecular complexity index is 245. The third-order valence-corrected chi connectivity index (χ3v) is 3.29. The summed E-state index contributed by atoms with van der Waals surface area (Å²) in [7, 11) is 0. The maximum atomic E-state index is 10.8. The lowest BCUT2D eigenvalue weighted by molar-refractivity contribution is -0.143. The normalized spacial score (nSPS) is 25.3. The van der Waals surface area contributed by atoms with Crippen molar-refractivity contribution >= 4 is 5.97 Å². The average Bonchev–Trinajstić information content (AvgIpc) is 2.29. The van der Waals surface area contributed by atoms with Crippen LogP contribution < -0.4 is 0 Å². The van der Waals surface area contributed by atoms with Crippen LogP contribution in [0.5, 0.6) is 0 Å². The molecule has 0 amide bonds. The summed E-state index contributed by atoms with van der Waals surface area (Å²) in [4.78, 5) is 13.2. The van der Waals surface area contributed by atoms with E-state index in [-0.39, 0.29) is 5.92 Å². The molecule has 0 spiro atoms. The number of carboxylic acids is 1. The summed E-state index contributed by atoms with van der Waals surface area (Å²) < 4.78 is 0. The van der Waals surface area contributed by atoms with Gasteiger partial charge in [-0.2, -0.15) is 0 Å². The summed E-state index contributed by atoms with van der Waals surface area (Å²) in [5.74, 6) is -0.775. The maximum Gasteiger partial charge on any atom is 0.306 e. The summed E-state index contributed by atoms with van der Waals surface area (Å²) in [5, 5.41) is 8.92. The van der Waals surface area contributed by atoms with E-state index in [1.165, 1.54) is 0 Å². The fraction of sp³-hybridized carbons (Fsp3) is 0.615. The van der Waals surface area contributed by atoms with E-state index in [1.54, 1.807) is 0 Å². The highest BCUT2D eigenvalue weighted by molar-refractivity contribution is 5.70. The van der Waals surface area contributed by atoms with Crippen LogP contribution in [0.4, 0.5) is 0 Å². The van der Waals surface area contributed by atoms with Gasteiger partial charge in [-0.3, -0.25) is 9.69 Å². The number of carboxylic acid groups (broad SMARTS) is 1. The van der Waals surface area contributed by atoms with Gasteiger partial charge in [0.2, 0.25) is 0 Å². The van der Waals surface area contributed by atoms with Crippen LogP contribution in [-0.2, 0) is 4.79 Å². The highest BCUT2D eigenvalue weighted by atomic mass is 16.4. The first kappa shape index (κ1) is 13.0. The van der Waals surface area contributed by atoms with Crippen molar-refractivity contribution in [2.75, 3.05) is 13.1 Å². The first-order valence-electron chi connectivity index (χ1n) is 5.87. The zero-order valence-corrected chi connectivity index (χ0v) is 9.77. The molecule has 1 rings (SSSR count). The van der Waals surface area contributed by atoms with Gasteiger partial charge >= 0.3 is 5.97 Å². The van der Waals surface area contributed by atoms with Gasteiger partial charge in [0, 0.05) is 19.1 Å². The number of rotatable bonds is 6. The number of hydrogen-bond donors (Lipinski definition) is 1. The van der Waals surface area contributed by atoms with Gasteiger partial charge in [0.25, 0.3) is 0 Å².